The summed E-state index contributed by atoms with van der Waals surface area (Å²) in [6.07, 6.45) is 1.83. The monoisotopic (exact) mass is 484 g/mol. The minimum absolute atomic E-state index is 0.00194. The minimum atomic E-state index is -0.146. The molecule has 1 aromatic carbocycles. The highest BCUT2D eigenvalue weighted by atomic mass is 32.1. The summed E-state index contributed by atoms with van der Waals surface area (Å²) in [5.74, 6) is 1.55. The lowest BCUT2D eigenvalue weighted by Gasteiger charge is -2.37. The van der Waals surface area contributed by atoms with E-state index in [1.165, 1.54) is 16.0 Å². The van der Waals surface area contributed by atoms with Gasteiger partial charge in [0.2, 0.25) is 11.8 Å². The Labute approximate surface area is 209 Å². The van der Waals surface area contributed by atoms with E-state index in [2.05, 4.69) is 51.3 Å². The van der Waals surface area contributed by atoms with Crippen LogP contribution in [-0.2, 0) is 16.0 Å². The summed E-state index contributed by atoms with van der Waals surface area (Å²) in [4.78, 5) is 31.4. The molecule has 0 unspecified atom stereocenters. The number of ether oxygens (including phenoxy) is 1. The molecular weight excluding hydrogens is 444 g/mol. The van der Waals surface area contributed by atoms with Crippen molar-refractivity contribution in [3.05, 3.63) is 51.7 Å². The number of amides is 2. The zero-order chi connectivity index (χ0) is 24.8. The van der Waals surface area contributed by atoms with Crippen LogP contribution in [0.2, 0.25) is 0 Å². The summed E-state index contributed by atoms with van der Waals surface area (Å²) < 4.78 is 6.19. The van der Waals surface area contributed by atoms with Crippen LogP contribution in [0.3, 0.4) is 0 Å². The first-order chi connectivity index (χ1) is 16.2. The molecule has 1 aliphatic rings. The first kappa shape index (κ1) is 26.3. The van der Waals surface area contributed by atoms with Crippen LogP contribution in [0.15, 0.2) is 35.7 Å². The molecule has 5 nitrogen and oxygen atoms in total. The lowest BCUT2D eigenvalue weighted by molar-refractivity contribution is -0.144. The molecule has 0 saturated heterocycles. The quantitative estimate of drug-likeness (QED) is 0.421. The molecule has 2 atom stereocenters. The summed E-state index contributed by atoms with van der Waals surface area (Å²) in [5.41, 5.74) is 2.45. The Morgan fingerprint density at radius 1 is 1.12 bits per heavy atom. The first-order valence-corrected chi connectivity index (χ1v) is 13.5. The molecule has 0 bridgehead atoms. The van der Waals surface area contributed by atoms with E-state index in [0.717, 1.165) is 18.6 Å². The SMILES string of the molecule is CC[C@H](C)CN(CC(=O)N1CCc2sccc2[C@H]1COc1ccc(C(C)C)cc1)C(=O)C(C)C. The van der Waals surface area contributed by atoms with E-state index >= 15 is 0 Å². The van der Waals surface area contributed by atoms with Crippen LogP contribution in [-0.4, -0.2) is 47.9 Å². The first-order valence-electron chi connectivity index (χ1n) is 12.6. The standard InChI is InChI=1S/C28H40N2O3S/c1-7-21(6)16-29(28(32)20(4)5)17-27(31)30-14-12-26-24(13-15-34-26)25(30)18-33-23-10-8-22(9-11-23)19(2)3/h8-11,13,15,19-21,25H,7,12,14,16-18H2,1-6H3/t21-,25+/m0/s1. The smallest absolute Gasteiger partial charge is 0.242 e. The second-order valence-electron chi connectivity index (χ2n) is 10.1. The summed E-state index contributed by atoms with van der Waals surface area (Å²) in [7, 11) is 0. The van der Waals surface area contributed by atoms with Crippen molar-refractivity contribution in [2.24, 2.45) is 11.8 Å². The summed E-state index contributed by atoms with van der Waals surface area (Å²) in [5, 5.41) is 2.10. The number of hydrogen-bond acceptors (Lipinski definition) is 4. The Balaban J connectivity index is 1.76. The molecule has 0 fully saturated rings. The summed E-state index contributed by atoms with van der Waals surface area (Å²) in [6, 6.07) is 10.2. The van der Waals surface area contributed by atoms with Gasteiger partial charge in [-0.25, -0.2) is 0 Å². The van der Waals surface area contributed by atoms with E-state index in [1.54, 1.807) is 16.2 Å². The highest BCUT2D eigenvalue weighted by Gasteiger charge is 2.34. The van der Waals surface area contributed by atoms with Crippen LogP contribution in [0, 0.1) is 11.8 Å². The van der Waals surface area contributed by atoms with Crippen molar-refractivity contribution in [3.63, 3.8) is 0 Å². The molecule has 2 heterocycles. The number of rotatable bonds is 10. The molecule has 6 heteroatoms. The van der Waals surface area contributed by atoms with Crippen LogP contribution in [0.25, 0.3) is 0 Å². The van der Waals surface area contributed by atoms with Gasteiger partial charge >= 0.3 is 0 Å². The topological polar surface area (TPSA) is 49.9 Å². The molecule has 1 aromatic heterocycles. The Bertz CT molecular complexity index is 951. The van der Waals surface area contributed by atoms with Gasteiger partial charge in [0.25, 0.3) is 0 Å². The fourth-order valence-corrected chi connectivity index (χ4v) is 5.28. The van der Waals surface area contributed by atoms with Gasteiger partial charge in [-0.3, -0.25) is 9.59 Å². The highest BCUT2D eigenvalue weighted by molar-refractivity contribution is 7.10. The zero-order valence-corrected chi connectivity index (χ0v) is 22.4. The number of thiophene rings is 1. The lowest BCUT2D eigenvalue weighted by atomic mass is 10.00. The largest absolute Gasteiger partial charge is 0.491 e. The molecular formula is C28H40N2O3S. The zero-order valence-electron chi connectivity index (χ0n) is 21.5. The average molecular weight is 485 g/mol. The van der Waals surface area contributed by atoms with Crippen LogP contribution in [0.5, 0.6) is 5.75 Å². The number of carbonyl (C=O) groups is 2. The number of benzene rings is 1. The maximum absolute atomic E-state index is 13.6. The van der Waals surface area contributed by atoms with Crippen molar-refractivity contribution < 1.29 is 14.3 Å². The second kappa shape index (κ2) is 11.9. The molecule has 186 valence electrons. The molecule has 0 saturated carbocycles. The van der Waals surface area contributed by atoms with E-state index in [9.17, 15) is 9.59 Å². The predicted octanol–water partition coefficient (Wildman–Crippen LogP) is 5.91. The molecule has 0 radical (unpaired) electrons. The minimum Gasteiger partial charge on any atom is -0.491 e. The van der Waals surface area contributed by atoms with Gasteiger partial charge in [0.15, 0.2) is 0 Å². The molecule has 0 spiro atoms. The molecule has 0 aliphatic carbocycles. The highest BCUT2D eigenvalue weighted by Crippen LogP contribution is 2.34. The van der Waals surface area contributed by atoms with Crippen LogP contribution < -0.4 is 4.74 Å². The fraction of sp³-hybridized carbons (Fsp3) is 0.571. The maximum atomic E-state index is 13.6. The maximum Gasteiger partial charge on any atom is 0.242 e. The van der Waals surface area contributed by atoms with Gasteiger partial charge in [0.05, 0.1) is 12.6 Å². The van der Waals surface area contributed by atoms with Gasteiger partial charge < -0.3 is 14.5 Å². The van der Waals surface area contributed by atoms with E-state index < -0.39 is 0 Å². The normalized spacial score (nSPS) is 16.5. The Kier molecular flexibility index (Phi) is 9.17. The molecule has 3 rings (SSSR count). The van der Waals surface area contributed by atoms with Crippen molar-refractivity contribution >= 4 is 23.2 Å². The number of hydrogen-bond donors (Lipinski definition) is 0. The second-order valence-corrected chi connectivity index (χ2v) is 11.1. The van der Waals surface area contributed by atoms with Gasteiger partial charge in [0, 0.05) is 23.9 Å². The van der Waals surface area contributed by atoms with E-state index in [4.69, 9.17) is 4.74 Å². The summed E-state index contributed by atoms with van der Waals surface area (Å²) >= 11 is 1.75. The number of nitrogens with zero attached hydrogens (tertiary/aromatic N) is 2. The molecule has 2 amide bonds. The van der Waals surface area contributed by atoms with E-state index in [1.807, 2.05) is 30.9 Å². The van der Waals surface area contributed by atoms with Crippen molar-refractivity contribution in [1.82, 2.24) is 9.80 Å². The van der Waals surface area contributed by atoms with Crippen molar-refractivity contribution in [3.8, 4) is 5.75 Å². The van der Waals surface area contributed by atoms with Crippen molar-refractivity contribution in [1.29, 1.82) is 0 Å². The Hall–Kier alpha value is -2.34. The van der Waals surface area contributed by atoms with Gasteiger partial charge in [-0.05, 0) is 53.0 Å². The third-order valence-corrected chi connectivity index (χ3v) is 7.73. The number of fused-ring (bicyclic) bond motifs is 1. The predicted molar refractivity (Wildman–Crippen MR) is 139 cm³/mol. The van der Waals surface area contributed by atoms with E-state index in [-0.39, 0.29) is 30.3 Å². The van der Waals surface area contributed by atoms with Gasteiger partial charge in [-0.2, -0.15) is 0 Å². The van der Waals surface area contributed by atoms with Gasteiger partial charge in [-0.1, -0.05) is 60.1 Å². The number of carbonyl (C=O) groups excluding carboxylic acids is 2. The third kappa shape index (κ3) is 6.41. The average Bonchev–Trinajstić information content (AvgIpc) is 3.30. The Morgan fingerprint density at radius 2 is 1.82 bits per heavy atom. The van der Waals surface area contributed by atoms with Crippen LogP contribution in [0.4, 0.5) is 0 Å². The van der Waals surface area contributed by atoms with Crippen LogP contribution in [0.1, 0.15) is 75.9 Å². The van der Waals surface area contributed by atoms with Crippen molar-refractivity contribution in [2.75, 3.05) is 26.2 Å². The molecule has 1 aliphatic heterocycles. The molecule has 34 heavy (non-hydrogen) atoms. The molecule has 0 N–H and O–H groups in total. The van der Waals surface area contributed by atoms with Crippen LogP contribution >= 0.6 is 11.3 Å². The van der Waals surface area contributed by atoms with Gasteiger partial charge in [-0.15, -0.1) is 11.3 Å². The molecule has 2 aromatic rings. The third-order valence-electron chi connectivity index (χ3n) is 6.73. The lowest BCUT2D eigenvalue weighted by Crippen LogP contribution is -2.49. The van der Waals surface area contributed by atoms with Gasteiger partial charge in [0.1, 0.15) is 12.4 Å². The van der Waals surface area contributed by atoms with Crippen molar-refractivity contribution in [2.45, 2.75) is 66.3 Å². The Morgan fingerprint density at radius 3 is 2.44 bits per heavy atom. The fourth-order valence-electron chi connectivity index (χ4n) is 4.36. The van der Waals surface area contributed by atoms with E-state index in [0.29, 0.717) is 31.5 Å². The summed E-state index contributed by atoms with van der Waals surface area (Å²) in [6.45, 7) is 14.2.